The molecule has 0 spiro atoms. The molecule has 2 rings (SSSR count). The molecule has 0 amide bonds. The quantitative estimate of drug-likeness (QED) is 0.436. The van der Waals surface area contributed by atoms with Crippen molar-refractivity contribution in [3.8, 4) is 11.5 Å². The van der Waals surface area contributed by atoms with Gasteiger partial charge in [0.05, 0.1) is 6.61 Å². The number of benzene rings is 1. The van der Waals surface area contributed by atoms with Crippen LogP contribution in [0.5, 0.6) is 11.5 Å². The summed E-state index contributed by atoms with van der Waals surface area (Å²) in [4.78, 5) is 11.3. The van der Waals surface area contributed by atoms with Crippen LogP contribution in [0.25, 0.3) is 0 Å². The molecule has 1 heterocycles. The van der Waals surface area contributed by atoms with Crippen LogP contribution in [-0.2, 0) is 4.74 Å². The molecule has 22 heavy (non-hydrogen) atoms. The third-order valence-electron chi connectivity index (χ3n) is 3.46. The van der Waals surface area contributed by atoms with Crippen molar-refractivity contribution in [3.05, 3.63) is 23.8 Å². The number of ether oxygens (including phenoxy) is 2. The maximum Gasteiger partial charge on any atom is 0.229 e. The van der Waals surface area contributed by atoms with Gasteiger partial charge in [-0.15, -0.1) is 0 Å². The first kappa shape index (κ1) is 16.7. The molecule has 1 aromatic carbocycles. The zero-order valence-corrected chi connectivity index (χ0v) is 11.8. The molecule has 0 aliphatic carbocycles. The molecule has 8 heteroatoms. The number of aromatic hydroxyl groups is 1. The Morgan fingerprint density at radius 3 is 2.50 bits per heavy atom. The van der Waals surface area contributed by atoms with Crippen molar-refractivity contribution in [2.75, 3.05) is 6.61 Å². The van der Waals surface area contributed by atoms with Crippen LogP contribution in [0.15, 0.2) is 18.2 Å². The minimum atomic E-state index is -1.60. The molecule has 8 nitrogen and oxygen atoms in total. The molecule has 1 aliphatic heterocycles. The van der Waals surface area contributed by atoms with Gasteiger partial charge < -0.3 is 35.0 Å². The lowest BCUT2D eigenvalue weighted by Crippen LogP contribution is -2.60. The summed E-state index contributed by atoms with van der Waals surface area (Å²) < 4.78 is 10.4. The Kier molecular flexibility index (Phi) is 4.99. The molecule has 1 aromatic rings. The van der Waals surface area contributed by atoms with Crippen LogP contribution >= 0.6 is 0 Å². The second kappa shape index (κ2) is 6.59. The second-order valence-corrected chi connectivity index (χ2v) is 5.05. The summed E-state index contributed by atoms with van der Waals surface area (Å²) in [7, 11) is 0. The van der Waals surface area contributed by atoms with E-state index in [0.717, 1.165) is 0 Å². The smallest absolute Gasteiger partial charge is 0.229 e. The predicted octanol–water partition coefficient (Wildman–Crippen LogP) is -1.23. The van der Waals surface area contributed by atoms with Gasteiger partial charge in [0.1, 0.15) is 24.4 Å². The standard InChI is InChI=1S/C14H18O8/c1-6(16)7-2-3-8(17)9(4-7)21-14-13(20)12(19)11(18)10(5-15)22-14/h2-4,10-15,17-20H,5H2,1H3/t10-,11-,12?,13-,14-/m1/s1. The Labute approximate surface area is 126 Å². The summed E-state index contributed by atoms with van der Waals surface area (Å²) in [5, 5.41) is 48.0. The number of hydrogen-bond donors (Lipinski definition) is 5. The SMILES string of the molecule is CC(=O)c1ccc(O)c(O[C@@H]2O[C@H](CO)[C@@H](O)C(O)[C@H]2O)c1. The normalized spacial score (nSPS) is 31.8. The number of carbonyl (C=O) groups is 1. The molecule has 0 bridgehead atoms. The van der Waals surface area contributed by atoms with Gasteiger partial charge in [-0.05, 0) is 25.1 Å². The summed E-state index contributed by atoms with van der Waals surface area (Å²) in [5.74, 6) is -0.669. The largest absolute Gasteiger partial charge is 0.504 e. The van der Waals surface area contributed by atoms with Gasteiger partial charge in [-0.2, -0.15) is 0 Å². The summed E-state index contributed by atoms with van der Waals surface area (Å²) in [6.45, 7) is 0.744. The van der Waals surface area contributed by atoms with Crippen LogP contribution in [0.3, 0.4) is 0 Å². The highest BCUT2D eigenvalue weighted by Crippen LogP contribution is 2.31. The van der Waals surface area contributed by atoms with E-state index in [9.17, 15) is 25.2 Å². The number of hydrogen-bond acceptors (Lipinski definition) is 8. The Balaban J connectivity index is 2.22. The average molecular weight is 314 g/mol. The van der Waals surface area contributed by atoms with Crippen molar-refractivity contribution < 1.29 is 39.8 Å². The van der Waals surface area contributed by atoms with Crippen LogP contribution in [0.4, 0.5) is 0 Å². The van der Waals surface area contributed by atoms with E-state index in [-0.39, 0.29) is 22.8 Å². The first-order valence-electron chi connectivity index (χ1n) is 6.66. The molecular weight excluding hydrogens is 296 g/mol. The lowest BCUT2D eigenvalue weighted by molar-refractivity contribution is -0.277. The molecule has 122 valence electrons. The maximum atomic E-state index is 11.3. The van der Waals surface area contributed by atoms with Gasteiger partial charge in [-0.1, -0.05) is 0 Å². The third-order valence-corrected chi connectivity index (χ3v) is 3.46. The first-order chi connectivity index (χ1) is 10.3. The van der Waals surface area contributed by atoms with Gasteiger partial charge in [0.2, 0.25) is 6.29 Å². The molecule has 0 saturated carbocycles. The van der Waals surface area contributed by atoms with Crippen molar-refractivity contribution in [2.45, 2.75) is 37.6 Å². The van der Waals surface area contributed by atoms with E-state index < -0.39 is 37.3 Å². The maximum absolute atomic E-state index is 11.3. The number of rotatable bonds is 4. The summed E-state index contributed by atoms with van der Waals surface area (Å²) in [6, 6.07) is 3.91. The summed E-state index contributed by atoms with van der Waals surface area (Å²) in [5.41, 5.74) is 0.275. The Hall–Kier alpha value is -1.71. The van der Waals surface area contributed by atoms with Gasteiger partial charge >= 0.3 is 0 Å². The fourth-order valence-electron chi connectivity index (χ4n) is 2.12. The minimum absolute atomic E-state index is 0.128. The highest BCUT2D eigenvalue weighted by molar-refractivity contribution is 5.94. The zero-order valence-electron chi connectivity index (χ0n) is 11.8. The van der Waals surface area contributed by atoms with E-state index in [0.29, 0.717) is 0 Å². The number of aliphatic hydroxyl groups is 4. The van der Waals surface area contributed by atoms with E-state index in [4.69, 9.17) is 14.6 Å². The lowest BCUT2D eigenvalue weighted by atomic mass is 9.99. The first-order valence-corrected chi connectivity index (χ1v) is 6.66. The van der Waals surface area contributed by atoms with Crippen molar-refractivity contribution in [1.82, 2.24) is 0 Å². The summed E-state index contributed by atoms with van der Waals surface area (Å²) >= 11 is 0. The minimum Gasteiger partial charge on any atom is -0.504 e. The lowest BCUT2D eigenvalue weighted by Gasteiger charge is -2.39. The molecule has 1 fully saturated rings. The monoisotopic (exact) mass is 314 g/mol. The fraction of sp³-hybridized carbons (Fsp3) is 0.500. The predicted molar refractivity (Wildman–Crippen MR) is 72.5 cm³/mol. The van der Waals surface area contributed by atoms with Crippen LogP contribution in [0.1, 0.15) is 17.3 Å². The van der Waals surface area contributed by atoms with Gasteiger partial charge in [-0.25, -0.2) is 0 Å². The molecule has 0 aromatic heterocycles. The second-order valence-electron chi connectivity index (χ2n) is 5.05. The van der Waals surface area contributed by atoms with Crippen LogP contribution in [0, 0.1) is 0 Å². The molecule has 5 atom stereocenters. The van der Waals surface area contributed by atoms with E-state index in [1.807, 2.05) is 0 Å². The zero-order chi connectivity index (χ0) is 16.4. The molecule has 0 radical (unpaired) electrons. The molecule has 1 saturated heterocycles. The van der Waals surface area contributed by atoms with Gasteiger partial charge in [0.25, 0.3) is 0 Å². The highest BCUT2D eigenvalue weighted by Gasteiger charge is 2.44. The number of ketones is 1. The molecular formula is C14H18O8. The number of phenolic OH excluding ortho intramolecular Hbond substituents is 1. The Morgan fingerprint density at radius 1 is 1.23 bits per heavy atom. The fourth-order valence-corrected chi connectivity index (χ4v) is 2.12. The van der Waals surface area contributed by atoms with Gasteiger partial charge in [-0.3, -0.25) is 4.79 Å². The molecule has 1 unspecified atom stereocenters. The molecule has 5 N–H and O–H groups in total. The number of Topliss-reactive ketones (excluding diaryl/α,β-unsaturated/α-hetero) is 1. The van der Waals surface area contributed by atoms with Crippen molar-refractivity contribution >= 4 is 5.78 Å². The molecule has 1 aliphatic rings. The Bertz CT molecular complexity index is 544. The average Bonchev–Trinajstić information content (AvgIpc) is 2.49. The number of phenols is 1. The number of aliphatic hydroxyl groups excluding tert-OH is 4. The van der Waals surface area contributed by atoms with Crippen LogP contribution < -0.4 is 4.74 Å². The summed E-state index contributed by atoms with van der Waals surface area (Å²) in [6.07, 6.45) is -7.24. The van der Waals surface area contributed by atoms with E-state index in [1.165, 1.54) is 25.1 Å². The van der Waals surface area contributed by atoms with E-state index in [2.05, 4.69) is 0 Å². The third kappa shape index (κ3) is 3.21. The van der Waals surface area contributed by atoms with E-state index >= 15 is 0 Å². The van der Waals surface area contributed by atoms with Crippen molar-refractivity contribution in [1.29, 1.82) is 0 Å². The number of carbonyl (C=O) groups excluding carboxylic acids is 1. The van der Waals surface area contributed by atoms with Gasteiger partial charge in [0, 0.05) is 5.56 Å². The Morgan fingerprint density at radius 2 is 1.91 bits per heavy atom. The highest BCUT2D eigenvalue weighted by atomic mass is 16.7. The van der Waals surface area contributed by atoms with E-state index in [1.54, 1.807) is 0 Å². The van der Waals surface area contributed by atoms with Crippen LogP contribution in [-0.4, -0.2) is 68.6 Å². The topological polar surface area (TPSA) is 137 Å². The van der Waals surface area contributed by atoms with Crippen molar-refractivity contribution in [3.63, 3.8) is 0 Å². The van der Waals surface area contributed by atoms with Crippen molar-refractivity contribution in [2.24, 2.45) is 0 Å². The van der Waals surface area contributed by atoms with Gasteiger partial charge in [0.15, 0.2) is 17.3 Å². The van der Waals surface area contributed by atoms with Crippen LogP contribution in [0.2, 0.25) is 0 Å².